The maximum atomic E-state index is 13.0. The summed E-state index contributed by atoms with van der Waals surface area (Å²) in [4.78, 5) is 2.04. The molecular formula is C14H12BrCl2FN2O2S2. The van der Waals surface area contributed by atoms with Crippen molar-refractivity contribution in [1.82, 2.24) is 4.31 Å². The molecule has 0 amide bonds. The Bertz CT molecular complexity index is 850. The molecule has 2 heterocycles. The summed E-state index contributed by atoms with van der Waals surface area (Å²) in [6.45, 7) is 1.65. The zero-order chi connectivity index (χ0) is 17.5. The van der Waals surface area contributed by atoms with E-state index in [1.54, 1.807) is 12.1 Å². The number of thiophene rings is 1. The lowest BCUT2D eigenvalue weighted by atomic mass is 10.2. The molecule has 0 spiro atoms. The third-order valence-electron chi connectivity index (χ3n) is 3.76. The van der Waals surface area contributed by atoms with Crippen LogP contribution in [0.2, 0.25) is 8.67 Å². The van der Waals surface area contributed by atoms with Crippen LogP contribution in [0.3, 0.4) is 0 Å². The highest BCUT2D eigenvalue weighted by Crippen LogP contribution is 2.44. The van der Waals surface area contributed by atoms with Gasteiger partial charge in [0.15, 0.2) is 0 Å². The van der Waals surface area contributed by atoms with Gasteiger partial charge in [-0.3, -0.25) is 0 Å². The van der Waals surface area contributed by atoms with Gasteiger partial charge >= 0.3 is 0 Å². The van der Waals surface area contributed by atoms with Gasteiger partial charge in [-0.2, -0.15) is 4.31 Å². The predicted octanol–water partition coefficient (Wildman–Crippen LogP) is 4.47. The first-order chi connectivity index (χ1) is 11.3. The molecule has 1 aliphatic rings. The zero-order valence-corrected chi connectivity index (χ0v) is 16.9. The number of halogens is 4. The lowest BCUT2D eigenvalue weighted by Crippen LogP contribution is -2.48. The van der Waals surface area contributed by atoms with Crippen LogP contribution in [0.4, 0.5) is 10.1 Å². The van der Waals surface area contributed by atoms with Gasteiger partial charge < -0.3 is 4.90 Å². The molecule has 1 fully saturated rings. The van der Waals surface area contributed by atoms with E-state index in [2.05, 4.69) is 15.9 Å². The van der Waals surface area contributed by atoms with Crippen molar-refractivity contribution in [3.63, 3.8) is 0 Å². The van der Waals surface area contributed by atoms with E-state index in [1.165, 1.54) is 16.4 Å². The van der Waals surface area contributed by atoms with E-state index in [1.807, 2.05) is 4.90 Å². The number of sulfonamides is 1. The minimum atomic E-state index is -3.72. The van der Waals surface area contributed by atoms with Gasteiger partial charge in [-0.25, -0.2) is 12.8 Å². The fraction of sp³-hybridized carbons (Fsp3) is 0.286. The molecule has 10 heteroatoms. The van der Waals surface area contributed by atoms with Crippen LogP contribution in [0, 0.1) is 5.82 Å². The summed E-state index contributed by atoms with van der Waals surface area (Å²) < 4.78 is 40.8. The Morgan fingerprint density at radius 2 is 1.62 bits per heavy atom. The average Bonchev–Trinajstić information content (AvgIpc) is 2.81. The minimum absolute atomic E-state index is 0.0226. The van der Waals surface area contributed by atoms with Crippen LogP contribution in [-0.2, 0) is 10.0 Å². The Balaban J connectivity index is 1.77. The second-order valence-corrected chi connectivity index (χ2v) is 10.1. The highest BCUT2D eigenvalue weighted by Gasteiger charge is 2.34. The molecule has 3 rings (SSSR count). The molecule has 1 saturated heterocycles. The molecule has 0 bridgehead atoms. The monoisotopic (exact) mass is 472 g/mol. The van der Waals surface area contributed by atoms with Gasteiger partial charge in [0, 0.05) is 31.9 Å². The van der Waals surface area contributed by atoms with E-state index >= 15 is 0 Å². The zero-order valence-electron chi connectivity index (χ0n) is 12.2. The van der Waals surface area contributed by atoms with E-state index < -0.39 is 10.0 Å². The molecule has 0 aliphatic carbocycles. The number of piperazine rings is 1. The van der Waals surface area contributed by atoms with Crippen molar-refractivity contribution in [2.24, 2.45) is 0 Å². The molecule has 2 aromatic rings. The third kappa shape index (κ3) is 3.45. The summed E-state index contributed by atoms with van der Waals surface area (Å²) in [5.41, 5.74) is 0.867. The first-order valence-electron chi connectivity index (χ1n) is 6.94. The fourth-order valence-electron chi connectivity index (χ4n) is 2.53. The summed E-state index contributed by atoms with van der Waals surface area (Å²) in [5, 5.41) is 0. The van der Waals surface area contributed by atoms with Gasteiger partial charge in [0.2, 0.25) is 10.0 Å². The Hall–Kier alpha value is -0.380. The predicted molar refractivity (Wildman–Crippen MR) is 99.4 cm³/mol. The van der Waals surface area contributed by atoms with Crippen molar-refractivity contribution in [3.8, 4) is 0 Å². The van der Waals surface area contributed by atoms with E-state index in [-0.39, 0.29) is 15.0 Å². The number of benzene rings is 1. The second kappa shape index (κ2) is 7.09. The summed E-state index contributed by atoms with van der Waals surface area (Å²) >= 11 is 16.2. The van der Waals surface area contributed by atoms with Crippen LogP contribution >= 0.6 is 50.5 Å². The van der Waals surface area contributed by atoms with Crippen molar-refractivity contribution < 1.29 is 12.8 Å². The van der Waals surface area contributed by atoms with E-state index in [0.29, 0.717) is 35.0 Å². The second-order valence-electron chi connectivity index (χ2n) is 5.16. The SMILES string of the molecule is O=S(=O)(c1c(Cl)sc(Cl)c1Br)N1CCN(c2ccc(F)cc2)CC1. The van der Waals surface area contributed by atoms with Gasteiger partial charge in [-0.1, -0.05) is 23.2 Å². The average molecular weight is 474 g/mol. The molecule has 0 unspecified atom stereocenters. The lowest BCUT2D eigenvalue weighted by Gasteiger charge is -2.35. The summed E-state index contributed by atoms with van der Waals surface area (Å²) in [6, 6.07) is 6.16. The number of anilines is 1. The quantitative estimate of drug-likeness (QED) is 0.660. The third-order valence-corrected chi connectivity index (χ3v) is 9.12. The van der Waals surface area contributed by atoms with Gasteiger partial charge in [-0.05, 0) is 40.2 Å². The van der Waals surface area contributed by atoms with Gasteiger partial charge in [0.05, 0.1) is 4.47 Å². The number of hydrogen-bond acceptors (Lipinski definition) is 4. The van der Waals surface area contributed by atoms with E-state index in [4.69, 9.17) is 23.2 Å². The van der Waals surface area contributed by atoms with Crippen LogP contribution in [-0.4, -0.2) is 38.9 Å². The Morgan fingerprint density at radius 3 is 2.12 bits per heavy atom. The Kier molecular flexibility index (Phi) is 5.44. The largest absolute Gasteiger partial charge is 0.369 e. The molecule has 0 saturated carbocycles. The molecule has 1 aromatic heterocycles. The van der Waals surface area contributed by atoms with E-state index in [0.717, 1.165) is 17.0 Å². The van der Waals surface area contributed by atoms with Crippen LogP contribution in [0.1, 0.15) is 0 Å². The summed E-state index contributed by atoms with van der Waals surface area (Å²) in [6.07, 6.45) is 0. The van der Waals surface area contributed by atoms with Crippen LogP contribution in [0.15, 0.2) is 33.6 Å². The molecule has 1 aliphatic heterocycles. The molecule has 130 valence electrons. The van der Waals surface area contributed by atoms with Gasteiger partial charge in [0.1, 0.15) is 19.4 Å². The maximum Gasteiger partial charge on any atom is 0.246 e. The Labute approximate surface area is 162 Å². The maximum absolute atomic E-state index is 13.0. The number of rotatable bonds is 3. The molecule has 4 nitrogen and oxygen atoms in total. The van der Waals surface area contributed by atoms with Gasteiger partial charge in [0.25, 0.3) is 0 Å². The smallest absolute Gasteiger partial charge is 0.246 e. The van der Waals surface area contributed by atoms with Crippen LogP contribution in [0.25, 0.3) is 0 Å². The van der Waals surface area contributed by atoms with Crippen molar-refractivity contribution in [1.29, 1.82) is 0 Å². The molecule has 24 heavy (non-hydrogen) atoms. The topological polar surface area (TPSA) is 40.6 Å². The van der Waals surface area contributed by atoms with Crippen LogP contribution < -0.4 is 4.90 Å². The molecule has 0 radical (unpaired) electrons. The number of nitrogens with zero attached hydrogens (tertiary/aromatic N) is 2. The number of hydrogen-bond donors (Lipinski definition) is 0. The highest BCUT2D eigenvalue weighted by molar-refractivity contribution is 9.10. The first kappa shape index (κ1) is 18.4. The van der Waals surface area contributed by atoms with Crippen LogP contribution in [0.5, 0.6) is 0 Å². The summed E-state index contributed by atoms with van der Waals surface area (Å²) in [7, 11) is -3.72. The van der Waals surface area contributed by atoms with Crippen molar-refractivity contribution in [2.45, 2.75) is 4.90 Å². The first-order valence-corrected chi connectivity index (χ1v) is 10.7. The standard InChI is InChI=1S/C14H12BrCl2FN2O2S2/c15-11-12(14(17)23-13(11)16)24(21,22)20-7-5-19(6-8-20)10-3-1-9(18)2-4-10/h1-4H,5-8H2. The summed E-state index contributed by atoms with van der Waals surface area (Å²) in [5.74, 6) is -0.297. The van der Waals surface area contributed by atoms with Crippen molar-refractivity contribution >= 4 is 66.2 Å². The van der Waals surface area contributed by atoms with Gasteiger partial charge in [-0.15, -0.1) is 11.3 Å². The van der Waals surface area contributed by atoms with E-state index in [9.17, 15) is 12.8 Å². The molecular weight excluding hydrogens is 462 g/mol. The van der Waals surface area contributed by atoms with Crippen molar-refractivity contribution in [3.05, 3.63) is 43.2 Å². The fourth-order valence-corrected chi connectivity index (χ4v) is 7.43. The van der Waals surface area contributed by atoms with Crippen molar-refractivity contribution in [2.75, 3.05) is 31.1 Å². The molecule has 0 atom stereocenters. The molecule has 0 N–H and O–H groups in total. The normalized spacial score (nSPS) is 16.6. The Morgan fingerprint density at radius 1 is 1.04 bits per heavy atom. The minimum Gasteiger partial charge on any atom is -0.369 e. The highest BCUT2D eigenvalue weighted by atomic mass is 79.9. The molecule has 1 aromatic carbocycles. The lowest BCUT2D eigenvalue weighted by molar-refractivity contribution is 0.385.